The van der Waals surface area contributed by atoms with Crippen LogP contribution in [0.4, 0.5) is 5.82 Å². The zero-order valence-electron chi connectivity index (χ0n) is 14.1. The first-order valence-corrected chi connectivity index (χ1v) is 8.45. The molecule has 6 nitrogen and oxygen atoms in total. The second-order valence-electron chi connectivity index (χ2n) is 5.99. The Morgan fingerprint density at radius 1 is 1.15 bits per heavy atom. The van der Waals surface area contributed by atoms with Crippen LogP contribution < -0.4 is 10.1 Å². The predicted molar refractivity (Wildman–Crippen MR) is 98.7 cm³/mol. The van der Waals surface area contributed by atoms with Gasteiger partial charge < -0.3 is 10.1 Å². The molecular formula is C20H18N4O2. The highest BCUT2D eigenvalue weighted by atomic mass is 16.5. The van der Waals surface area contributed by atoms with E-state index in [0.29, 0.717) is 17.9 Å². The maximum Gasteiger partial charge on any atom is 0.256 e. The molecule has 0 aliphatic carbocycles. The molecule has 1 aliphatic rings. The fourth-order valence-corrected chi connectivity index (χ4v) is 2.77. The third-order valence-corrected chi connectivity index (χ3v) is 4.13. The summed E-state index contributed by atoms with van der Waals surface area (Å²) in [6.45, 7) is 0.954. The van der Waals surface area contributed by atoms with E-state index in [1.54, 1.807) is 16.9 Å². The lowest BCUT2D eigenvalue weighted by atomic mass is 10.1. The first-order chi connectivity index (χ1) is 12.8. The largest absolute Gasteiger partial charge is 0.488 e. The Morgan fingerprint density at radius 2 is 2.04 bits per heavy atom. The minimum Gasteiger partial charge on any atom is -0.488 e. The molecule has 0 saturated carbocycles. The van der Waals surface area contributed by atoms with Gasteiger partial charge in [0.25, 0.3) is 5.91 Å². The summed E-state index contributed by atoms with van der Waals surface area (Å²) in [5.41, 5.74) is 2.49. The molecule has 3 heterocycles. The summed E-state index contributed by atoms with van der Waals surface area (Å²) >= 11 is 0. The number of hydrogen-bond donors (Lipinski definition) is 1. The third kappa shape index (κ3) is 3.64. The number of aromatic nitrogens is 3. The van der Waals surface area contributed by atoms with Gasteiger partial charge in [0.05, 0.1) is 5.57 Å². The van der Waals surface area contributed by atoms with Crippen molar-refractivity contribution in [2.75, 3.05) is 11.9 Å². The van der Waals surface area contributed by atoms with Crippen LogP contribution in [-0.4, -0.2) is 27.3 Å². The molecule has 1 N–H and O–H groups in total. The number of carbonyl (C=O) groups is 1. The highest BCUT2D eigenvalue weighted by Crippen LogP contribution is 2.26. The quantitative estimate of drug-likeness (QED) is 0.771. The number of hydrogen-bond acceptors (Lipinski definition) is 4. The third-order valence-electron chi connectivity index (χ3n) is 4.13. The molecule has 2 aromatic heterocycles. The van der Waals surface area contributed by atoms with E-state index in [1.165, 1.54) is 0 Å². The van der Waals surface area contributed by atoms with Crippen molar-refractivity contribution in [1.29, 1.82) is 0 Å². The van der Waals surface area contributed by atoms with E-state index in [9.17, 15) is 4.79 Å². The van der Waals surface area contributed by atoms with Crippen molar-refractivity contribution < 1.29 is 9.53 Å². The van der Waals surface area contributed by atoms with E-state index in [-0.39, 0.29) is 12.5 Å². The summed E-state index contributed by atoms with van der Waals surface area (Å²) in [7, 11) is 0. The van der Waals surface area contributed by atoms with Crippen LogP contribution in [0.1, 0.15) is 11.3 Å². The molecule has 0 saturated heterocycles. The number of anilines is 1. The number of aryl methyl sites for hydroxylation is 2. The Labute approximate surface area is 151 Å². The van der Waals surface area contributed by atoms with Gasteiger partial charge in [0.2, 0.25) is 0 Å². The SMILES string of the molecule is O=C(Nc1ccn(CCc2ccccn2)n1)C1=Cc2ccccc2OC1. The van der Waals surface area contributed by atoms with E-state index in [0.717, 1.165) is 23.4 Å². The molecule has 0 unspecified atom stereocenters. The number of benzene rings is 1. The first-order valence-electron chi connectivity index (χ1n) is 8.45. The lowest BCUT2D eigenvalue weighted by molar-refractivity contribution is -0.113. The topological polar surface area (TPSA) is 69.0 Å². The molecule has 0 radical (unpaired) electrons. The van der Waals surface area contributed by atoms with Gasteiger partial charge in [-0.25, -0.2) is 0 Å². The van der Waals surface area contributed by atoms with E-state index >= 15 is 0 Å². The number of amides is 1. The summed E-state index contributed by atoms with van der Waals surface area (Å²) in [4.78, 5) is 16.7. The molecule has 3 aromatic rings. The monoisotopic (exact) mass is 346 g/mol. The molecule has 1 aliphatic heterocycles. The van der Waals surface area contributed by atoms with Gasteiger partial charge in [-0.1, -0.05) is 24.3 Å². The summed E-state index contributed by atoms with van der Waals surface area (Å²) in [6.07, 6.45) is 6.26. The average molecular weight is 346 g/mol. The van der Waals surface area contributed by atoms with Gasteiger partial charge in [-0.2, -0.15) is 5.10 Å². The minimum atomic E-state index is -0.200. The standard InChI is InChI=1S/C20H18N4O2/c25-20(16-13-15-5-1-2-7-18(15)26-14-16)22-19-9-12-24(23-19)11-8-17-6-3-4-10-21-17/h1-7,9-10,12-13H,8,11,14H2,(H,22,23,25). The Kier molecular flexibility index (Phi) is 4.47. The van der Waals surface area contributed by atoms with Crippen LogP contribution in [0.5, 0.6) is 5.75 Å². The molecule has 130 valence electrons. The fourth-order valence-electron chi connectivity index (χ4n) is 2.77. The van der Waals surface area contributed by atoms with Gasteiger partial charge in [-0.15, -0.1) is 0 Å². The molecule has 0 spiro atoms. The second-order valence-corrected chi connectivity index (χ2v) is 5.99. The molecule has 4 rings (SSSR count). The molecule has 1 aromatic carbocycles. The Hall–Kier alpha value is -3.41. The number of nitrogens with zero attached hydrogens (tertiary/aromatic N) is 3. The van der Waals surface area contributed by atoms with Crippen molar-refractivity contribution in [3.05, 3.63) is 77.8 Å². The van der Waals surface area contributed by atoms with E-state index in [1.807, 2.05) is 54.7 Å². The normalized spacial score (nSPS) is 12.7. The van der Waals surface area contributed by atoms with Crippen LogP contribution in [0.25, 0.3) is 6.08 Å². The Morgan fingerprint density at radius 3 is 2.92 bits per heavy atom. The lowest BCUT2D eigenvalue weighted by Gasteiger charge is -2.16. The van der Waals surface area contributed by atoms with Crippen molar-refractivity contribution in [1.82, 2.24) is 14.8 Å². The van der Waals surface area contributed by atoms with Gasteiger partial charge in [-0.3, -0.25) is 14.5 Å². The van der Waals surface area contributed by atoms with Gasteiger partial charge in [-0.05, 0) is 24.3 Å². The zero-order valence-corrected chi connectivity index (χ0v) is 14.1. The maximum atomic E-state index is 12.4. The maximum absolute atomic E-state index is 12.4. The molecule has 0 bridgehead atoms. The van der Waals surface area contributed by atoms with Gasteiger partial charge >= 0.3 is 0 Å². The highest BCUT2D eigenvalue weighted by molar-refractivity contribution is 6.07. The van der Waals surface area contributed by atoms with Crippen LogP contribution in [0.15, 0.2) is 66.5 Å². The van der Waals surface area contributed by atoms with Crippen molar-refractivity contribution >= 4 is 17.8 Å². The van der Waals surface area contributed by atoms with E-state index in [2.05, 4.69) is 15.4 Å². The molecular weight excluding hydrogens is 328 g/mol. The smallest absolute Gasteiger partial charge is 0.256 e. The first kappa shape index (κ1) is 16.1. The summed E-state index contributed by atoms with van der Waals surface area (Å²) in [5, 5.41) is 7.22. The minimum absolute atomic E-state index is 0.200. The number of ether oxygens (including phenoxy) is 1. The van der Waals surface area contributed by atoms with Crippen LogP contribution in [0.3, 0.4) is 0 Å². The van der Waals surface area contributed by atoms with Crippen LogP contribution in [-0.2, 0) is 17.8 Å². The number of pyridine rings is 1. The lowest BCUT2D eigenvalue weighted by Crippen LogP contribution is -2.21. The van der Waals surface area contributed by atoms with Crippen molar-refractivity contribution in [2.24, 2.45) is 0 Å². The zero-order chi connectivity index (χ0) is 17.8. The number of para-hydroxylation sites is 1. The second kappa shape index (κ2) is 7.23. The summed E-state index contributed by atoms with van der Waals surface area (Å²) in [6, 6.07) is 15.3. The number of carbonyl (C=O) groups excluding carboxylic acids is 1. The molecule has 26 heavy (non-hydrogen) atoms. The molecule has 1 amide bonds. The fraction of sp³-hybridized carbons (Fsp3) is 0.150. The van der Waals surface area contributed by atoms with Crippen LogP contribution >= 0.6 is 0 Å². The van der Waals surface area contributed by atoms with Crippen LogP contribution in [0, 0.1) is 0 Å². The average Bonchev–Trinajstić information content (AvgIpc) is 3.14. The van der Waals surface area contributed by atoms with Gasteiger partial charge in [0.1, 0.15) is 12.4 Å². The number of rotatable bonds is 5. The Bertz CT molecular complexity index is 947. The summed E-state index contributed by atoms with van der Waals surface area (Å²) in [5.74, 6) is 1.12. The Balaban J connectivity index is 1.38. The highest BCUT2D eigenvalue weighted by Gasteiger charge is 2.17. The summed E-state index contributed by atoms with van der Waals surface area (Å²) < 4.78 is 7.42. The van der Waals surface area contributed by atoms with E-state index < -0.39 is 0 Å². The molecule has 6 heteroatoms. The predicted octanol–water partition coefficient (Wildman–Crippen LogP) is 2.94. The number of fused-ring (bicyclic) bond motifs is 1. The molecule has 0 atom stereocenters. The van der Waals surface area contributed by atoms with Crippen LogP contribution in [0.2, 0.25) is 0 Å². The van der Waals surface area contributed by atoms with Gasteiger partial charge in [0, 0.05) is 42.7 Å². The van der Waals surface area contributed by atoms with Crippen molar-refractivity contribution in [3.63, 3.8) is 0 Å². The number of nitrogens with one attached hydrogen (secondary N) is 1. The van der Waals surface area contributed by atoms with Gasteiger partial charge in [0.15, 0.2) is 5.82 Å². The van der Waals surface area contributed by atoms with Crippen molar-refractivity contribution in [2.45, 2.75) is 13.0 Å². The van der Waals surface area contributed by atoms with Crippen molar-refractivity contribution in [3.8, 4) is 5.75 Å². The molecule has 0 fully saturated rings. The van der Waals surface area contributed by atoms with E-state index in [4.69, 9.17) is 4.74 Å².